The highest BCUT2D eigenvalue weighted by molar-refractivity contribution is 7.18. The minimum absolute atomic E-state index is 0.0674. The lowest BCUT2D eigenvalue weighted by atomic mass is 10.2. The Morgan fingerprint density at radius 3 is 2.67 bits per heavy atom. The molecule has 1 saturated heterocycles. The number of benzene rings is 1. The van der Waals surface area contributed by atoms with Crippen LogP contribution >= 0.6 is 11.3 Å². The predicted molar refractivity (Wildman–Crippen MR) is 128 cm³/mol. The highest BCUT2D eigenvalue weighted by Crippen LogP contribution is 2.43. The topological polar surface area (TPSA) is 139 Å². The standard InChI is InChI=1S/C23H23N5O7S/c1-27-20-21(34-20)28(11-14-8-17(26-35-14)25-23(31)33-3)19(30)15-9-16(36-22(15)27)18(29)24-10-12-4-6-13(32-2)7-5-12/h4-9,20-21H,10-11H2,1-3H3,(H,24,29)(H,25,26,31). The molecule has 2 atom stereocenters. The van der Waals surface area contributed by atoms with Crippen LogP contribution in [0.1, 0.15) is 31.4 Å². The highest BCUT2D eigenvalue weighted by Gasteiger charge is 2.53. The molecule has 1 fully saturated rings. The number of epoxide rings is 1. The maximum absolute atomic E-state index is 13.5. The number of aromatic nitrogens is 1. The molecule has 3 amide bonds. The van der Waals surface area contributed by atoms with Gasteiger partial charge in [0.25, 0.3) is 11.8 Å². The Morgan fingerprint density at radius 1 is 1.17 bits per heavy atom. The van der Waals surface area contributed by atoms with Gasteiger partial charge in [0.15, 0.2) is 24.0 Å². The van der Waals surface area contributed by atoms with Crippen molar-refractivity contribution < 1.29 is 33.1 Å². The molecule has 5 rings (SSSR count). The highest BCUT2D eigenvalue weighted by atomic mass is 32.1. The predicted octanol–water partition coefficient (Wildman–Crippen LogP) is 2.63. The van der Waals surface area contributed by atoms with Gasteiger partial charge in [-0.05, 0) is 23.8 Å². The molecule has 1 aromatic carbocycles. The molecule has 0 spiro atoms. The van der Waals surface area contributed by atoms with Crippen molar-refractivity contribution in [1.29, 1.82) is 0 Å². The van der Waals surface area contributed by atoms with Crippen LogP contribution in [0.4, 0.5) is 15.6 Å². The fourth-order valence-corrected chi connectivity index (χ4v) is 4.90. The van der Waals surface area contributed by atoms with Gasteiger partial charge in [0, 0.05) is 19.7 Å². The Hall–Kier alpha value is -4.10. The Labute approximate surface area is 209 Å². The molecular formula is C23H23N5O7S. The van der Waals surface area contributed by atoms with Crippen LogP contribution in [0.25, 0.3) is 0 Å². The van der Waals surface area contributed by atoms with Crippen molar-refractivity contribution in [3.8, 4) is 5.75 Å². The van der Waals surface area contributed by atoms with Crippen molar-refractivity contribution in [2.45, 2.75) is 25.5 Å². The van der Waals surface area contributed by atoms with Gasteiger partial charge in [0.05, 0.1) is 31.2 Å². The zero-order valence-corrected chi connectivity index (χ0v) is 20.5. The zero-order valence-electron chi connectivity index (χ0n) is 19.6. The lowest BCUT2D eigenvalue weighted by Gasteiger charge is -2.17. The quantitative estimate of drug-likeness (QED) is 0.457. The van der Waals surface area contributed by atoms with E-state index in [1.165, 1.54) is 29.4 Å². The normalized spacial score (nSPS) is 18.1. The fraction of sp³-hybridized carbons (Fsp3) is 0.304. The Bertz CT molecular complexity index is 1300. The van der Waals surface area contributed by atoms with Crippen molar-refractivity contribution in [3.63, 3.8) is 0 Å². The first-order valence-corrected chi connectivity index (χ1v) is 11.7. The molecule has 2 aromatic heterocycles. The number of anilines is 2. The monoisotopic (exact) mass is 513 g/mol. The largest absolute Gasteiger partial charge is 0.497 e. The summed E-state index contributed by atoms with van der Waals surface area (Å²) in [5.41, 5.74) is 1.32. The molecule has 2 unspecified atom stereocenters. The number of likely N-dealkylation sites (N-methyl/N-ethyl adjacent to an activating group) is 1. The molecule has 2 aliphatic rings. The number of methoxy groups -OCH3 is 2. The number of carbonyl (C=O) groups is 3. The summed E-state index contributed by atoms with van der Waals surface area (Å²) in [6.45, 7) is 0.403. The van der Waals surface area contributed by atoms with Gasteiger partial charge in [-0.2, -0.15) is 0 Å². The zero-order chi connectivity index (χ0) is 25.4. The van der Waals surface area contributed by atoms with Crippen molar-refractivity contribution in [1.82, 2.24) is 15.4 Å². The smallest absolute Gasteiger partial charge is 0.412 e. The molecule has 13 heteroatoms. The van der Waals surface area contributed by atoms with Crippen molar-refractivity contribution in [3.05, 3.63) is 58.2 Å². The van der Waals surface area contributed by atoms with E-state index in [2.05, 4.69) is 20.5 Å². The van der Waals surface area contributed by atoms with E-state index in [1.54, 1.807) is 13.2 Å². The van der Waals surface area contributed by atoms with Crippen LogP contribution in [0.2, 0.25) is 0 Å². The summed E-state index contributed by atoms with van der Waals surface area (Å²) in [6, 6.07) is 10.5. The molecule has 188 valence electrons. The average molecular weight is 514 g/mol. The SMILES string of the molecule is COC(=O)Nc1cc(CN2C(=O)c3cc(C(=O)NCc4ccc(OC)cc4)sc3N(C)C3OC32)on1. The number of rotatable bonds is 7. The van der Waals surface area contributed by atoms with Gasteiger partial charge in [-0.25, -0.2) is 4.79 Å². The summed E-state index contributed by atoms with van der Waals surface area (Å²) in [5.74, 6) is 0.671. The van der Waals surface area contributed by atoms with E-state index in [0.717, 1.165) is 11.3 Å². The van der Waals surface area contributed by atoms with Gasteiger partial charge in [-0.3, -0.25) is 14.9 Å². The summed E-state index contributed by atoms with van der Waals surface area (Å²) >= 11 is 1.23. The van der Waals surface area contributed by atoms with Gasteiger partial charge in [0.1, 0.15) is 10.8 Å². The van der Waals surface area contributed by atoms with E-state index >= 15 is 0 Å². The molecule has 36 heavy (non-hydrogen) atoms. The number of amides is 3. The van der Waals surface area contributed by atoms with Crippen LogP contribution < -0.4 is 20.3 Å². The van der Waals surface area contributed by atoms with E-state index in [-0.39, 0.29) is 30.4 Å². The van der Waals surface area contributed by atoms with Crippen LogP contribution in [-0.2, 0) is 22.6 Å². The number of carbonyl (C=O) groups excluding carboxylic acids is 3. The van der Waals surface area contributed by atoms with Crippen LogP contribution in [0.3, 0.4) is 0 Å². The van der Waals surface area contributed by atoms with E-state index < -0.39 is 12.3 Å². The summed E-state index contributed by atoms with van der Waals surface area (Å²) in [6.07, 6.45) is -1.51. The first kappa shape index (κ1) is 23.6. The summed E-state index contributed by atoms with van der Waals surface area (Å²) in [4.78, 5) is 41.5. The van der Waals surface area contributed by atoms with Crippen LogP contribution in [0, 0.1) is 0 Å². The number of nitrogens with one attached hydrogen (secondary N) is 2. The van der Waals surface area contributed by atoms with Gasteiger partial charge in [-0.1, -0.05) is 17.3 Å². The van der Waals surface area contributed by atoms with Crippen molar-refractivity contribution >= 4 is 40.1 Å². The molecule has 2 N–H and O–H groups in total. The van der Waals surface area contributed by atoms with Crippen LogP contribution in [-0.4, -0.2) is 61.7 Å². The molecule has 0 bridgehead atoms. The maximum atomic E-state index is 13.5. The molecule has 0 aliphatic carbocycles. The van der Waals surface area contributed by atoms with Crippen molar-refractivity contribution in [2.24, 2.45) is 0 Å². The Balaban J connectivity index is 1.30. The second kappa shape index (κ2) is 9.51. The van der Waals surface area contributed by atoms with E-state index in [9.17, 15) is 14.4 Å². The third-order valence-corrected chi connectivity index (χ3v) is 7.02. The number of fused-ring (bicyclic) bond motifs is 2. The third kappa shape index (κ3) is 4.57. The lowest BCUT2D eigenvalue weighted by Crippen LogP contribution is -2.34. The van der Waals surface area contributed by atoms with Gasteiger partial charge in [0.2, 0.25) is 0 Å². The van der Waals surface area contributed by atoms with Crippen molar-refractivity contribution in [2.75, 3.05) is 31.5 Å². The van der Waals surface area contributed by atoms with E-state index in [4.69, 9.17) is 14.0 Å². The average Bonchev–Trinajstić information content (AvgIpc) is 3.36. The third-order valence-electron chi connectivity index (χ3n) is 5.80. The summed E-state index contributed by atoms with van der Waals surface area (Å²) < 4.78 is 20.7. The van der Waals surface area contributed by atoms with Crippen LogP contribution in [0.5, 0.6) is 5.75 Å². The first-order chi connectivity index (χ1) is 17.4. The minimum Gasteiger partial charge on any atom is -0.497 e. The molecule has 0 radical (unpaired) electrons. The number of nitrogens with zero attached hydrogens (tertiary/aromatic N) is 3. The second-order valence-electron chi connectivity index (χ2n) is 8.12. The van der Waals surface area contributed by atoms with Crippen LogP contribution in [0.15, 0.2) is 40.9 Å². The van der Waals surface area contributed by atoms with Gasteiger partial charge >= 0.3 is 6.09 Å². The number of hydrogen-bond acceptors (Lipinski definition) is 10. The maximum Gasteiger partial charge on any atom is 0.412 e. The van der Waals surface area contributed by atoms with Gasteiger partial charge < -0.3 is 33.9 Å². The first-order valence-electron chi connectivity index (χ1n) is 10.9. The fourth-order valence-electron chi connectivity index (χ4n) is 3.85. The van der Waals surface area contributed by atoms with E-state index in [1.807, 2.05) is 36.2 Å². The number of ether oxygens (including phenoxy) is 3. The number of thiophene rings is 1. The Kier molecular flexibility index (Phi) is 6.24. The summed E-state index contributed by atoms with van der Waals surface area (Å²) in [5, 5.41) is 9.71. The van der Waals surface area contributed by atoms with E-state index in [0.29, 0.717) is 27.7 Å². The second-order valence-corrected chi connectivity index (χ2v) is 9.15. The lowest BCUT2D eigenvalue weighted by molar-refractivity contribution is 0.0632. The Morgan fingerprint density at radius 2 is 1.94 bits per heavy atom. The molecule has 12 nitrogen and oxygen atoms in total. The molecule has 2 aliphatic heterocycles. The molecule has 0 saturated carbocycles. The van der Waals surface area contributed by atoms with Gasteiger partial charge in [-0.15, -0.1) is 11.3 Å². The molecule has 4 heterocycles. The summed E-state index contributed by atoms with van der Waals surface area (Å²) in [7, 11) is 4.65. The minimum atomic E-state index is -0.686. The molecule has 3 aromatic rings. The molecular weight excluding hydrogens is 490 g/mol. The number of hydrogen-bond donors (Lipinski definition) is 2.